The first-order chi connectivity index (χ1) is 17.5. The van der Waals surface area contributed by atoms with Crippen molar-refractivity contribution in [2.45, 2.75) is 12.3 Å². The highest BCUT2D eigenvalue weighted by Crippen LogP contribution is 2.41. The molecule has 0 radical (unpaired) electrons. The average Bonchev–Trinajstić information content (AvgIpc) is 2.90. The Balaban J connectivity index is 1.25. The molecule has 6 nitrogen and oxygen atoms in total. The molecule has 2 N–H and O–H groups in total. The number of nitrogens with zero attached hydrogens (tertiary/aromatic N) is 1. The van der Waals surface area contributed by atoms with Crippen LogP contribution in [-0.4, -0.2) is 29.2 Å². The lowest BCUT2D eigenvalue weighted by Crippen LogP contribution is -2.16. The number of carbonyl (C=O) groups is 1. The van der Waals surface area contributed by atoms with E-state index in [-0.39, 0.29) is 18.4 Å². The summed E-state index contributed by atoms with van der Waals surface area (Å²) >= 11 is 12.7. The molecule has 1 aliphatic rings. The number of ether oxygens (including phenoxy) is 2. The zero-order chi connectivity index (χ0) is 25.1. The van der Waals surface area contributed by atoms with E-state index in [1.165, 1.54) is 0 Å². The van der Waals surface area contributed by atoms with E-state index in [2.05, 4.69) is 10.3 Å². The summed E-state index contributed by atoms with van der Waals surface area (Å²) in [5.41, 5.74) is 3.06. The van der Waals surface area contributed by atoms with Crippen LogP contribution in [0.15, 0.2) is 79.0 Å². The number of aliphatic hydroxyl groups is 1. The van der Waals surface area contributed by atoms with E-state index in [1.807, 2.05) is 30.3 Å². The molecule has 182 valence electrons. The van der Waals surface area contributed by atoms with Gasteiger partial charge in [-0.05, 0) is 55.0 Å². The van der Waals surface area contributed by atoms with Crippen molar-refractivity contribution in [3.8, 4) is 28.4 Å². The summed E-state index contributed by atoms with van der Waals surface area (Å²) in [5.74, 6) is 1.75. The molecule has 0 aliphatic carbocycles. The third kappa shape index (κ3) is 5.16. The molecule has 1 unspecified atom stereocenters. The molecule has 0 saturated carbocycles. The average molecular weight is 521 g/mol. The van der Waals surface area contributed by atoms with E-state index < -0.39 is 0 Å². The van der Waals surface area contributed by atoms with Crippen LogP contribution in [0.3, 0.4) is 0 Å². The largest absolute Gasteiger partial charge is 0.493 e. The maximum absolute atomic E-state index is 12.7. The summed E-state index contributed by atoms with van der Waals surface area (Å²) in [4.78, 5) is 17.0. The first kappa shape index (κ1) is 24.1. The van der Waals surface area contributed by atoms with Crippen LogP contribution in [0.5, 0.6) is 17.2 Å². The fourth-order valence-corrected chi connectivity index (χ4v) is 4.50. The molecule has 1 atom stereocenters. The van der Waals surface area contributed by atoms with Crippen LogP contribution in [0, 0.1) is 0 Å². The molecule has 1 amide bonds. The minimum Gasteiger partial charge on any atom is -0.493 e. The molecule has 1 aliphatic heterocycles. The van der Waals surface area contributed by atoms with E-state index in [1.54, 1.807) is 48.7 Å². The van der Waals surface area contributed by atoms with Crippen molar-refractivity contribution in [3.05, 3.63) is 100 Å². The van der Waals surface area contributed by atoms with Gasteiger partial charge in [0.15, 0.2) is 0 Å². The van der Waals surface area contributed by atoms with Gasteiger partial charge in [0, 0.05) is 45.5 Å². The van der Waals surface area contributed by atoms with Gasteiger partial charge in [-0.1, -0.05) is 41.4 Å². The number of halogens is 2. The number of hydrogen-bond donors (Lipinski definition) is 2. The van der Waals surface area contributed by atoms with Gasteiger partial charge in [0.25, 0.3) is 5.91 Å². The van der Waals surface area contributed by atoms with Crippen LogP contribution in [0.1, 0.15) is 28.3 Å². The van der Waals surface area contributed by atoms with Gasteiger partial charge >= 0.3 is 0 Å². The van der Waals surface area contributed by atoms with Crippen LogP contribution >= 0.6 is 23.2 Å². The first-order valence-electron chi connectivity index (χ1n) is 11.4. The van der Waals surface area contributed by atoms with Crippen molar-refractivity contribution in [3.63, 3.8) is 0 Å². The van der Waals surface area contributed by atoms with Gasteiger partial charge in [-0.15, -0.1) is 0 Å². The van der Waals surface area contributed by atoms with E-state index in [4.69, 9.17) is 32.7 Å². The number of pyridine rings is 1. The van der Waals surface area contributed by atoms with Crippen molar-refractivity contribution in [2.75, 3.05) is 18.5 Å². The Morgan fingerprint density at radius 2 is 1.86 bits per heavy atom. The Morgan fingerprint density at radius 1 is 1.06 bits per heavy atom. The Labute approximate surface area is 218 Å². The zero-order valence-corrected chi connectivity index (χ0v) is 20.6. The molecule has 5 rings (SSSR count). The Bertz CT molecular complexity index is 1390. The maximum Gasteiger partial charge on any atom is 0.256 e. The lowest BCUT2D eigenvalue weighted by molar-refractivity contribution is 0.102. The zero-order valence-electron chi connectivity index (χ0n) is 19.1. The fourth-order valence-electron chi connectivity index (χ4n) is 4.04. The molecular weight excluding hydrogens is 499 g/mol. The van der Waals surface area contributed by atoms with Crippen molar-refractivity contribution < 1.29 is 19.4 Å². The van der Waals surface area contributed by atoms with Crippen LogP contribution in [0.4, 0.5) is 5.82 Å². The van der Waals surface area contributed by atoms with E-state index >= 15 is 0 Å². The van der Waals surface area contributed by atoms with E-state index in [0.29, 0.717) is 45.3 Å². The molecule has 3 aromatic carbocycles. The summed E-state index contributed by atoms with van der Waals surface area (Å²) in [6, 6.07) is 21.3. The number of aromatic nitrogens is 1. The Hall–Kier alpha value is -3.58. The smallest absolute Gasteiger partial charge is 0.256 e. The van der Waals surface area contributed by atoms with Gasteiger partial charge in [0.05, 0.1) is 18.2 Å². The molecule has 0 bridgehead atoms. The summed E-state index contributed by atoms with van der Waals surface area (Å²) < 4.78 is 11.7. The number of rotatable bonds is 6. The molecule has 0 spiro atoms. The standard InChI is InChI=1S/C28H22Cl2N2O4/c29-23-4-2-1-3-21(23)18-7-10-27(31-15-18)32-28(34)17-5-8-20(9-6-17)36-26-14-25-22(13-24(26)30)19(16-33)11-12-35-25/h1-10,13-15,19,33H,11-12,16H2,(H,31,32,34). The number of aliphatic hydroxyl groups excluding tert-OH is 1. The second-order valence-corrected chi connectivity index (χ2v) is 9.14. The van der Waals surface area contributed by atoms with Crippen molar-refractivity contribution in [2.24, 2.45) is 0 Å². The van der Waals surface area contributed by atoms with Crippen LogP contribution in [0.2, 0.25) is 10.0 Å². The van der Waals surface area contributed by atoms with Crippen LogP contribution in [0.25, 0.3) is 11.1 Å². The van der Waals surface area contributed by atoms with E-state index in [9.17, 15) is 9.90 Å². The van der Waals surface area contributed by atoms with Crippen LogP contribution in [-0.2, 0) is 0 Å². The second kappa shape index (κ2) is 10.6. The van der Waals surface area contributed by atoms with Gasteiger partial charge < -0.3 is 19.9 Å². The fraction of sp³-hybridized carbons (Fsp3) is 0.143. The van der Waals surface area contributed by atoms with Crippen molar-refractivity contribution >= 4 is 34.9 Å². The van der Waals surface area contributed by atoms with Gasteiger partial charge in [0.2, 0.25) is 0 Å². The van der Waals surface area contributed by atoms with E-state index in [0.717, 1.165) is 23.1 Å². The third-order valence-corrected chi connectivity index (χ3v) is 6.61. The number of anilines is 1. The van der Waals surface area contributed by atoms with Crippen molar-refractivity contribution in [1.82, 2.24) is 4.98 Å². The predicted octanol–water partition coefficient (Wildman–Crippen LogP) is 6.96. The number of amides is 1. The molecule has 1 aromatic heterocycles. The summed E-state index contributed by atoms with van der Waals surface area (Å²) in [6.45, 7) is 0.568. The quantitative estimate of drug-likeness (QED) is 0.287. The SMILES string of the molecule is O=C(Nc1ccc(-c2ccccc2Cl)cn1)c1ccc(Oc2cc3c(cc2Cl)C(CO)CCO3)cc1. The molecule has 8 heteroatoms. The monoisotopic (exact) mass is 520 g/mol. The number of hydrogen-bond acceptors (Lipinski definition) is 5. The highest BCUT2D eigenvalue weighted by molar-refractivity contribution is 6.33. The Kier molecular flexibility index (Phi) is 7.09. The Morgan fingerprint density at radius 3 is 2.58 bits per heavy atom. The van der Waals surface area contributed by atoms with Crippen molar-refractivity contribution in [1.29, 1.82) is 0 Å². The molecule has 0 fully saturated rings. The minimum atomic E-state index is -0.296. The topological polar surface area (TPSA) is 80.7 Å². The molecule has 2 heterocycles. The first-order valence-corrected chi connectivity index (χ1v) is 12.1. The number of benzene rings is 3. The minimum absolute atomic E-state index is 0.0000664. The predicted molar refractivity (Wildman–Crippen MR) is 141 cm³/mol. The lowest BCUT2D eigenvalue weighted by Gasteiger charge is -2.25. The number of fused-ring (bicyclic) bond motifs is 1. The normalized spacial score (nSPS) is 14.5. The lowest BCUT2D eigenvalue weighted by atomic mass is 9.94. The molecular formula is C28H22Cl2N2O4. The second-order valence-electron chi connectivity index (χ2n) is 8.33. The number of carbonyl (C=O) groups excluding carboxylic acids is 1. The van der Waals surface area contributed by atoms with Gasteiger partial charge in [-0.25, -0.2) is 4.98 Å². The number of nitrogens with one attached hydrogen (secondary N) is 1. The molecule has 36 heavy (non-hydrogen) atoms. The molecule has 0 saturated heterocycles. The van der Waals surface area contributed by atoms with Gasteiger partial charge in [-0.2, -0.15) is 0 Å². The summed E-state index contributed by atoms with van der Waals surface area (Å²) in [6.07, 6.45) is 2.41. The van der Waals surface area contributed by atoms with Gasteiger partial charge in [-0.3, -0.25) is 4.79 Å². The van der Waals surface area contributed by atoms with Gasteiger partial charge in [0.1, 0.15) is 23.1 Å². The third-order valence-electron chi connectivity index (χ3n) is 5.98. The summed E-state index contributed by atoms with van der Waals surface area (Å²) in [7, 11) is 0. The highest BCUT2D eigenvalue weighted by Gasteiger charge is 2.23. The maximum atomic E-state index is 12.7. The molecule has 4 aromatic rings. The highest BCUT2D eigenvalue weighted by atomic mass is 35.5. The summed E-state index contributed by atoms with van der Waals surface area (Å²) in [5, 5.41) is 13.4. The van der Waals surface area contributed by atoms with Crippen LogP contribution < -0.4 is 14.8 Å².